The lowest BCUT2D eigenvalue weighted by atomic mass is 9.79. The summed E-state index contributed by atoms with van der Waals surface area (Å²) in [4.78, 5) is 0. The molecule has 1 aliphatic rings. The lowest BCUT2D eigenvalue weighted by Crippen LogP contribution is -2.18. The van der Waals surface area contributed by atoms with Crippen molar-refractivity contribution in [2.45, 2.75) is 38.7 Å². The molecule has 0 bridgehead atoms. The summed E-state index contributed by atoms with van der Waals surface area (Å²) in [7, 11) is 0. The van der Waals surface area contributed by atoms with E-state index in [1.54, 1.807) is 0 Å². The van der Waals surface area contributed by atoms with Crippen molar-refractivity contribution in [2.24, 2.45) is 11.8 Å². The Morgan fingerprint density at radius 1 is 1.26 bits per heavy atom. The fraction of sp³-hybridized carbons (Fsp3) is 0.500. The Morgan fingerprint density at radius 2 is 2.00 bits per heavy atom. The molecule has 1 aromatic heterocycles. The zero-order chi connectivity index (χ0) is 13.4. The van der Waals surface area contributed by atoms with Crippen molar-refractivity contribution in [1.29, 1.82) is 0 Å². The molecule has 0 saturated heterocycles. The SMILES string of the molecule is CC1CCC(C(O)c2cc3cccc(Br)c3o2)CC1. The summed E-state index contributed by atoms with van der Waals surface area (Å²) in [6, 6.07) is 7.94. The van der Waals surface area contributed by atoms with Crippen LogP contribution < -0.4 is 0 Å². The van der Waals surface area contributed by atoms with Gasteiger partial charge in [0.25, 0.3) is 0 Å². The maximum absolute atomic E-state index is 10.5. The minimum atomic E-state index is -0.466. The zero-order valence-electron chi connectivity index (χ0n) is 11.1. The van der Waals surface area contributed by atoms with Gasteiger partial charge in [0.2, 0.25) is 0 Å². The molecule has 2 nitrogen and oxygen atoms in total. The van der Waals surface area contributed by atoms with Crippen molar-refractivity contribution < 1.29 is 9.52 Å². The maximum Gasteiger partial charge on any atom is 0.148 e. The molecule has 1 atom stereocenters. The summed E-state index contributed by atoms with van der Waals surface area (Å²) in [5.74, 6) is 1.85. The number of fused-ring (bicyclic) bond motifs is 1. The fourth-order valence-corrected chi connectivity index (χ4v) is 3.49. The van der Waals surface area contributed by atoms with Crippen molar-refractivity contribution in [3.63, 3.8) is 0 Å². The highest BCUT2D eigenvalue weighted by Crippen LogP contribution is 2.39. The van der Waals surface area contributed by atoms with Gasteiger partial charge in [-0.05, 0) is 52.7 Å². The van der Waals surface area contributed by atoms with Gasteiger partial charge in [-0.1, -0.05) is 31.9 Å². The molecule has 1 heterocycles. The van der Waals surface area contributed by atoms with Crippen LogP contribution in [0, 0.1) is 11.8 Å². The Balaban J connectivity index is 1.85. The second kappa shape index (κ2) is 5.29. The molecule has 1 unspecified atom stereocenters. The van der Waals surface area contributed by atoms with Crippen molar-refractivity contribution in [3.8, 4) is 0 Å². The number of halogens is 1. The van der Waals surface area contributed by atoms with E-state index in [2.05, 4.69) is 22.9 Å². The first kappa shape index (κ1) is 13.2. The molecule has 1 saturated carbocycles. The summed E-state index contributed by atoms with van der Waals surface area (Å²) in [6.45, 7) is 2.29. The van der Waals surface area contributed by atoms with Crippen molar-refractivity contribution in [1.82, 2.24) is 0 Å². The molecule has 1 aliphatic carbocycles. The molecule has 0 aliphatic heterocycles. The van der Waals surface area contributed by atoms with E-state index in [1.807, 2.05) is 24.3 Å². The molecule has 0 spiro atoms. The summed E-state index contributed by atoms with van der Waals surface area (Å²) in [5, 5.41) is 11.6. The van der Waals surface area contributed by atoms with E-state index >= 15 is 0 Å². The van der Waals surface area contributed by atoms with E-state index in [1.165, 1.54) is 12.8 Å². The third-order valence-corrected chi connectivity index (χ3v) is 4.94. The molecule has 2 aromatic rings. The molecule has 0 amide bonds. The number of hydrogen-bond donors (Lipinski definition) is 1. The van der Waals surface area contributed by atoms with Crippen LogP contribution in [0.2, 0.25) is 0 Å². The van der Waals surface area contributed by atoms with Crippen LogP contribution in [0.1, 0.15) is 44.5 Å². The third kappa shape index (κ3) is 2.59. The normalized spacial score (nSPS) is 25.6. The maximum atomic E-state index is 10.5. The summed E-state index contributed by atoms with van der Waals surface area (Å²) >= 11 is 3.49. The number of aliphatic hydroxyl groups is 1. The highest BCUT2D eigenvalue weighted by atomic mass is 79.9. The molecule has 1 fully saturated rings. The number of rotatable bonds is 2. The van der Waals surface area contributed by atoms with E-state index in [4.69, 9.17) is 4.42 Å². The minimum absolute atomic E-state index is 0.343. The lowest BCUT2D eigenvalue weighted by molar-refractivity contribution is 0.0588. The Bertz CT molecular complexity index is 567. The molecular formula is C16H19BrO2. The summed E-state index contributed by atoms with van der Waals surface area (Å²) < 4.78 is 6.79. The van der Waals surface area contributed by atoms with Crippen molar-refractivity contribution in [3.05, 3.63) is 34.5 Å². The van der Waals surface area contributed by atoms with Crippen LogP contribution in [-0.2, 0) is 0 Å². The first-order valence-electron chi connectivity index (χ1n) is 7.01. The van der Waals surface area contributed by atoms with E-state index in [-0.39, 0.29) is 0 Å². The van der Waals surface area contributed by atoms with Crippen LogP contribution in [-0.4, -0.2) is 5.11 Å². The third-order valence-electron chi connectivity index (χ3n) is 4.31. The average molecular weight is 323 g/mol. The van der Waals surface area contributed by atoms with E-state index in [0.717, 1.165) is 34.2 Å². The molecular weight excluding hydrogens is 304 g/mol. The Hall–Kier alpha value is -0.800. The van der Waals surface area contributed by atoms with Crippen LogP contribution in [0.3, 0.4) is 0 Å². The van der Waals surface area contributed by atoms with E-state index < -0.39 is 6.10 Å². The number of furan rings is 1. The molecule has 102 valence electrons. The predicted octanol–water partition coefficient (Wildman–Crippen LogP) is 5.06. The van der Waals surface area contributed by atoms with Gasteiger partial charge in [0.1, 0.15) is 17.4 Å². The van der Waals surface area contributed by atoms with Gasteiger partial charge in [0.05, 0.1) is 4.47 Å². The molecule has 1 N–H and O–H groups in total. The first-order chi connectivity index (χ1) is 9.15. The Morgan fingerprint density at radius 3 is 2.68 bits per heavy atom. The topological polar surface area (TPSA) is 33.4 Å². The number of benzene rings is 1. The second-order valence-electron chi connectivity index (χ2n) is 5.77. The van der Waals surface area contributed by atoms with E-state index in [0.29, 0.717) is 11.7 Å². The lowest BCUT2D eigenvalue weighted by Gasteiger charge is -2.28. The van der Waals surface area contributed by atoms with Crippen molar-refractivity contribution in [2.75, 3.05) is 0 Å². The second-order valence-corrected chi connectivity index (χ2v) is 6.63. The molecule has 3 rings (SSSR count). The van der Waals surface area contributed by atoms with Crippen LogP contribution in [0.25, 0.3) is 11.0 Å². The Kier molecular flexibility index (Phi) is 3.68. The smallest absolute Gasteiger partial charge is 0.148 e. The number of hydrogen-bond acceptors (Lipinski definition) is 2. The van der Waals surface area contributed by atoms with Crippen LogP contribution in [0.15, 0.2) is 33.2 Å². The van der Waals surface area contributed by atoms with Gasteiger partial charge in [0.15, 0.2) is 0 Å². The average Bonchev–Trinajstić information content (AvgIpc) is 2.84. The van der Waals surface area contributed by atoms with Gasteiger partial charge in [-0.3, -0.25) is 0 Å². The largest absolute Gasteiger partial charge is 0.457 e. The van der Waals surface area contributed by atoms with Crippen LogP contribution in [0.4, 0.5) is 0 Å². The zero-order valence-corrected chi connectivity index (χ0v) is 12.7. The highest BCUT2D eigenvalue weighted by Gasteiger charge is 2.28. The van der Waals surface area contributed by atoms with Crippen LogP contribution in [0.5, 0.6) is 0 Å². The number of aliphatic hydroxyl groups excluding tert-OH is 1. The first-order valence-corrected chi connectivity index (χ1v) is 7.80. The van der Waals surface area contributed by atoms with Crippen molar-refractivity contribution >= 4 is 26.9 Å². The molecule has 3 heteroatoms. The van der Waals surface area contributed by atoms with E-state index in [9.17, 15) is 5.11 Å². The van der Waals surface area contributed by atoms with Gasteiger partial charge < -0.3 is 9.52 Å². The fourth-order valence-electron chi connectivity index (χ4n) is 3.03. The minimum Gasteiger partial charge on any atom is -0.457 e. The summed E-state index contributed by atoms with van der Waals surface area (Å²) in [5.41, 5.74) is 0.834. The molecule has 0 radical (unpaired) electrons. The predicted molar refractivity (Wildman–Crippen MR) is 80.0 cm³/mol. The van der Waals surface area contributed by atoms with Gasteiger partial charge in [0, 0.05) is 5.39 Å². The monoisotopic (exact) mass is 322 g/mol. The standard InChI is InChI=1S/C16H19BrO2/c1-10-5-7-11(8-6-10)15(18)14-9-12-3-2-4-13(17)16(12)19-14/h2-4,9-11,15,18H,5-8H2,1H3. The highest BCUT2D eigenvalue weighted by molar-refractivity contribution is 9.10. The Labute approximate surface area is 121 Å². The van der Waals surface area contributed by atoms with Gasteiger partial charge in [-0.25, -0.2) is 0 Å². The number of para-hydroxylation sites is 1. The van der Waals surface area contributed by atoms with Crippen LogP contribution >= 0.6 is 15.9 Å². The van der Waals surface area contributed by atoms with Gasteiger partial charge >= 0.3 is 0 Å². The molecule has 1 aromatic carbocycles. The van der Waals surface area contributed by atoms with Gasteiger partial charge in [-0.15, -0.1) is 0 Å². The quantitative estimate of drug-likeness (QED) is 0.838. The molecule has 19 heavy (non-hydrogen) atoms. The van der Waals surface area contributed by atoms with Gasteiger partial charge in [-0.2, -0.15) is 0 Å². The summed E-state index contributed by atoms with van der Waals surface area (Å²) in [6.07, 6.45) is 4.16.